The summed E-state index contributed by atoms with van der Waals surface area (Å²) in [6, 6.07) is 35.2. The topological polar surface area (TPSA) is 87.3 Å². The number of halogens is 4. The highest BCUT2D eigenvalue weighted by Crippen LogP contribution is 2.38. The molecule has 3 N–H and O–H groups in total. The molecule has 0 aliphatic heterocycles. The Morgan fingerprint density at radius 3 is 2.00 bits per heavy atom. The summed E-state index contributed by atoms with van der Waals surface area (Å²) in [4.78, 5) is 40.6. The van der Waals surface area contributed by atoms with Gasteiger partial charge in [-0.1, -0.05) is 84.4 Å². The highest BCUT2D eigenvalue weighted by atomic mass is 35.5. The predicted molar refractivity (Wildman–Crippen MR) is 184 cm³/mol. The van der Waals surface area contributed by atoms with E-state index in [9.17, 15) is 27.6 Å². The van der Waals surface area contributed by atoms with Crippen molar-refractivity contribution in [2.24, 2.45) is 0 Å². The van der Waals surface area contributed by atoms with Crippen molar-refractivity contribution in [2.45, 2.75) is 16.3 Å². The molecule has 1 atom stereocenters. The average Bonchev–Trinajstić information content (AvgIpc) is 3.08. The summed E-state index contributed by atoms with van der Waals surface area (Å²) in [5, 5.41) is 7.76. The number of carbonyl (C=O) groups excluding carboxylic acids is 3. The maximum absolute atomic E-state index is 13.5. The maximum Gasteiger partial charge on any atom is 0.416 e. The lowest BCUT2D eigenvalue weighted by Gasteiger charge is -2.18. The molecule has 0 saturated carbocycles. The van der Waals surface area contributed by atoms with Crippen LogP contribution >= 0.6 is 23.4 Å². The van der Waals surface area contributed by atoms with E-state index in [4.69, 9.17) is 11.6 Å². The van der Waals surface area contributed by atoms with E-state index < -0.39 is 34.7 Å². The minimum absolute atomic E-state index is 0.00919. The van der Waals surface area contributed by atoms with Crippen molar-refractivity contribution in [3.05, 3.63) is 166 Å². The minimum Gasteiger partial charge on any atom is -0.325 e. The number of carbonyl (C=O) groups is 3. The quantitative estimate of drug-likeness (QED) is 0.101. The first-order chi connectivity index (χ1) is 23.0. The lowest BCUT2D eigenvalue weighted by atomic mass is 10.1. The number of nitrogens with one attached hydrogen (secondary N) is 3. The summed E-state index contributed by atoms with van der Waals surface area (Å²) in [5.41, 5.74) is 1.10. The second-order valence-electron chi connectivity index (χ2n) is 10.4. The molecule has 0 aliphatic rings. The van der Waals surface area contributed by atoms with Crippen LogP contribution in [-0.2, 0) is 15.8 Å². The molecule has 5 aromatic carbocycles. The van der Waals surface area contributed by atoms with Gasteiger partial charge in [0.2, 0.25) is 5.91 Å². The van der Waals surface area contributed by atoms with Gasteiger partial charge in [-0.15, -0.1) is 11.8 Å². The third kappa shape index (κ3) is 9.37. The molecule has 0 fully saturated rings. The fourth-order valence-corrected chi connectivity index (χ4v) is 5.74. The van der Waals surface area contributed by atoms with Crippen molar-refractivity contribution in [1.82, 2.24) is 5.32 Å². The van der Waals surface area contributed by atoms with Crippen molar-refractivity contribution in [3.63, 3.8) is 0 Å². The zero-order valence-electron chi connectivity index (χ0n) is 25.0. The SMILES string of the molecule is O=C(Nc1cccc(SC(C(=O)Nc2cccc(C(F)(F)F)c2)c2ccccc2)c1)/C(=C/c1ccc(Cl)cc1)NC(=O)c1ccccc1. The molecule has 0 radical (unpaired) electrons. The Morgan fingerprint density at radius 1 is 0.708 bits per heavy atom. The van der Waals surface area contributed by atoms with Crippen LogP contribution < -0.4 is 16.0 Å². The van der Waals surface area contributed by atoms with Crippen molar-refractivity contribution >= 4 is 58.5 Å². The van der Waals surface area contributed by atoms with E-state index in [1.54, 1.807) is 109 Å². The fourth-order valence-electron chi connectivity index (χ4n) is 4.53. The molecule has 11 heteroatoms. The van der Waals surface area contributed by atoms with Crippen LogP contribution in [0, 0.1) is 0 Å². The van der Waals surface area contributed by atoms with Crippen LogP contribution in [0.3, 0.4) is 0 Å². The molecule has 0 saturated heterocycles. The molecule has 0 aromatic heterocycles. The second kappa shape index (κ2) is 15.5. The van der Waals surface area contributed by atoms with Gasteiger partial charge in [0.15, 0.2) is 0 Å². The maximum atomic E-state index is 13.5. The Balaban J connectivity index is 1.37. The first-order valence-corrected chi connectivity index (χ1v) is 15.8. The van der Waals surface area contributed by atoms with E-state index in [0.29, 0.717) is 32.3 Å². The number of thioether (sulfide) groups is 1. The minimum atomic E-state index is -4.56. The molecular weight excluding hydrogens is 659 g/mol. The third-order valence-corrected chi connectivity index (χ3v) is 8.35. The number of hydrogen-bond acceptors (Lipinski definition) is 4. The zero-order valence-corrected chi connectivity index (χ0v) is 26.6. The molecule has 3 amide bonds. The third-order valence-electron chi connectivity index (χ3n) is 6.85. The number of hydrogen-bond donors (Lipinski definition) is 3. The molecule has 0 aliphatic carbocycles. The van der Waals surface area contributed by atoms with Crippen LogP contribution in [-0.4, -0.2) is 17.7 Å². The van der Waals surface area contributed by atoms with E-state index in [2.05, 4.69) is 16.0 Å². The molecule has 5 aromatic rings. The van der Waals surface area contributed by atoms with Gasteiger partial charge in [-0.3, -0.25) is 14.4 Å². The normalized spacial score (nSPS) is 12.1. The van der Waals surface area contributed by atoms with Crippen LogP contribution in [0.2, 0.25) is 5.02 Å². The van der Waals surface area contributed by atoms with E-state index in [0.717, 1.165) is 23.9 Å². The first-order valence-electron chi connectivity index (χ1n) is 14.5. The van der Waals surface area contributed by atoms with Gasteiger partial charge in [0, 0.05) is 26.9 Å². The number of anilines is 2. The fraction of sp³-hybridized carbons (Fsp3) is 0.0541. The smallest absolute Gasteiger partial charge is 0.325 e. The first kappa shape index (κ1) is 34.0. The Hall–Kier alpha value is -5.32. The summed E-state index contributed by atoms with van der Waals surface area (Å²) in [5.74, 6) is -1.61. The molecule has 242 valence electrons. The molecular formula is C37H27ClF3N3O3S. The average molecular weight is 686 g/mol. The van der Waals surface area contributed by atoms with Gasteiger partial charge in [-0.2, -0.15) is 13.2 Å². The molecule has 5 rings (SSSR count). The Bertz CT molecular complexity index is 1940. The lowest BCUT2D eigenvalue weighted by Crippen LogP contribution is -2.30. The van der Waals surface area contributed by atoms with Gasteiger partial charge in [-0.25, -0.2) is 0 Å². The van der Waals surface area contributed by atoms with Crippen LogP contribution in [0.15, 0.2) is 144 Å². The van der Waals surface area contributed by atoms with Crippen LogP contribution in [0.4, 0.5) is 24.5 Å². The van der Waals surface area contributed by atoms with E-state index in [1.807, 2.05) is 0 Å². The summed E-state index contributed by atoms with van der Waals surface area (Å²) in [6.07, 6.45) is -3.04. The van der Waals surface area contributed by atoms with Crippen molar-refractivity contribution in [1.29, 1.82) is 0 Å². The Morgan fingerprint density at radius 2 is 1.33 bits per heavy atom. The largest absolute Gasteiger partial charge is 0.416 e. The molecule has 48 heavy (non-hydrogen) atoms. The number of rotatable bonds is 10. The number of benzene rings is 5. The summed E-state index contributed by atoms with van der Waals surface area (Å²) in [7, 11) is 0. The Kier molecular flexibility index (Phi) is 11.0. The van der Waals surface area contributed by atoms with Gasteiger partial charge >= 0.3 is 6.18 Å². The standard InChI is InChI=1S/C37H27ClF3N3O3S/c38-28-19-17-24(18-20-28)21-32(44-34(45)26-11-5-2-6-12-26)35(46)42-30-15-8-16-31(23-30)48-33(25-9-3-1-4-10-25)36(47)43-29-14-7-13-27(22-29)37(39,40)41/h1-23,33H,(H,42,46)(H,43,47)(H,44,45)/b32-21-. The van der Waals surface area contributed by atoms with Crippen LogP contribution in [0.25, 0.3) is 6.08 Å². The number of alkyl halides is 3. The molecule has 0 heterocycles. The monoisotopic (exact) mass is 685 g/mol. The second-order valence-corrected chi connectivity index (χ2v) is 12.0. The summed E-state index contributed by atoms with van der Waals surface area (Å²) in [6.45, 7) is 0. The lowest BCUT2D eigenvalue weighted by molar-refractivity contribution is -0.137. The predicted octanol–water partition coefficient (Wildman–Crippen LogP) is 9.24. The molecule has 6 nitrogen and oxygen atoms in total. The Labute approximate surface area is 284 Å². The van der Waals surface area contributed by atoms with Gasteiger partial charge in [0.05, 0.1) is 5.56 Å². The van der Waals surface area contributed by atoms with E-state index >= 15 is 0 Å². The van der Waals surface area contributed by atoms with Crippen LogP contribution in [0.5, 0.6) is 0 Å². The number of amides is 3. The van der Waals surface area contributed by atoms with Gasteiger partial charge in [0.25, 0.3) is 11.8 Å². The van der Waals surface area contributed by atoms with Gasteiger partial charge in [0.1, 0.15) is 10.9 Å². The summed E-state index contributed by atoms with van der Waals surface area (Å²) >= 11 is 7.18. The van der Waals surface area contributed by atoms with Crippen molar-refractivity contribution in [2.75, 3.05) is 10.6 Å². The van der Waals surface area contributed by atoms with E-state index in [-0.39, 0.29) is 11.4 Å². The van der Waals surface area contributed by atoms with E-state index in [1.165, 1.54) is 18.2 Å². The molecule has 1 unspecified atom stereocenters. The van der Waals surface area contributed by atoms with Gasteiger partial charge < -0.3 is 16.0 Å². The highest BCUT2D eigenvalue weighted by molar-refractivity contribution is 8.00. The summed E-state index contributed by atoms with van der Waals surface area (Å²) < 4.78 is 39.8. The van der Waals surface area contributed by atoms with Crippen molar-refractivity contribution in [3.8, 4) is 0 Å². The van der Waals surface area contributed by atoms with Gasteiger partial charge in [-0.05, 0) is 77.9 Å². The zero-order chi connectivity index (χ0) is 34.1. The molecule has 0 bridgehead atoms. The van der Waals surface area contributed by atoms with Crippen LogP contribution in [0.1, 0.15) is 32.3 Å². The highest BCUT2D eigenvalue weighted by Gasteiger charge is 2.31. The molecule has 0 spiro atoms. The van der Waals surface area contributed by atoms with Crippen molar-refractivity contribution < 1.29 is 27.6 Å².